The van der Waals surface area contributed by atoms with Gasteiger partial charge in [-0.15, -0.1) is 0 Å². The molecular weight excluding hydrogens is 1100 g/mol. The van der Waals surface area contributed by atoms with Crippen molar-refractivity contribution in [2.45, 2.75) is 263 Å². The minimum Gasteiger partial charge on any atom is -0.464 e. The summed E-state index contributed by atoms with van der Waals surface area (Å²) < 4.78 is 79.9. The van der Waals surface area contributed by atoms with Crippen molar-refractivity contribution in [3.05, 3.63) is 84.0 Å². The fourth-order valence-corrected chi connectivity index (χ4v) is 20.4. The molecule has 4 heterocycles. The molecule has 474 valence electrons. The van der Waals surface area contributed by atoms with Crippen LogP contribution in [0.25, 0.3) is 0 Å². The van der Waals surface area contributed by atoms with Gasteiger partial charge < -0.3 is 61.3 Å². The fraction of sp³-hybridized carbons (Fsp3) is 0.750. The molecule has 1 saturated carbocycles. The van der Waals surface area contributed by atoms with E-state index in [-0.39, 0.29) is 70.7 Å². The van der Waals surface area contributed by atoms with Gasteiger partial charge in [0.25, 0.3) is 8.32 Å². The van der Waals surface area contributed by atoms with Crippen molar-refractivity contribution in [3.8, 4) is 0 Å². The maximum absolute atomic E-state index is 13.5. The molecule has 7 rings (SSSR count). The van der Waals surface area contributed by atoms with Gasteiger partial charge in [0.05, 0.1) is 55.9 Å². The Bertz CT molecular complexity index is 2470. The Hall–Kier alpha value is -2.66. The average Bonchev–Trinajstić information content (AvgIpc) is 1.64. The maximum atomic E-state index is 13.5. The molecule has 5 fully saturated rings. The number of methoxy groups -OCH3 is 3. The van der Waals surface area contributed by atoms with Crippen LogP contribution in [-0.4, -0.2) is 140 Å². The van der Waals surface area contributed by atoms with E-state index >= 15 is 0 Å². The number of hydrogen-bond acceptors (Lipinski definition) is 14. The van der Waals surface area contributed by atoms with Crippen LogP contribution in [0.4, 0.5) is 0 Å². The highest BCUT2D eigenvalue weighted by atomic mass is 28.4. The molecule has 0 unspecified atom stereocenters. The SMILES string of the molecule is CCOC(=O)[C@@H]1OC(C)(C)O[C@]12O[C@H]([C@H](C[C@@H](C)C/C(C)=C/[C@H]1C[C@@H](O[Si](C)(C)C(C)(C)C)CO[C@@]13C[C@@H]([C@@H](C)[C@@H](O)/C(C)=C/[C@@H]1CC[C@@H](O[Si](c4ccccc4)(c4ccccc4)C(C)(C)C)[C@H](OC)C1)OC(C)(C)O3)OC)[C@@H](OC)C[C@H]2C. The molecule has 4 saturated heterocycles. The van der Waals surface area contributed by atoms with Crippen molar-refractivity contribution in [1.29, 1.82) is 0 Å². The highest BCUT2D eigenvalue weighted by Gasteiger charge is 2.66. The van der Waals surface area contributed by atoms with E-state index in [4.69, 9.17) is 56.2 Å². The lowest BCUT2D eigenvalue weighted by Gasteiger charge is -2.55. The standard InChI is InChI=1S/C68H110O14Si2/c1-22-74-62(70)61-68(82-66(15,16)78-61)47(5)39-57(73-19)60(77-68)56(72-18)37-45(3)35-44(2)36-50-41-51(79-83(20,21)63(7,8)9)43-75-67(50)42-58(76-65(13,14)81-67)48(6)59(69)46(4)38-49-33-34-54(55(40-49)71-17)80-84(64(10,11)12,52-29-25-23-26-30-52)53-31-27-24-28-32-53/h23-32,36,38,45,47-51,54-61,69H,22,33-35,37,39-43H2,1-21H3/b44-36+,46-38+/t45-,47+,48+,49-,50-,51+,54+,55+,56-,57-,58-,59-,60+,61-,67+,68-/m0/s1. The first kappa shape index (κ1) is 68.8. The summed E-state index contributed by atoms with van der Waals surface area (Å²) in [5.41, 5.74) is 2.11. The number of benzene rings is 2. The highest BCUT2D eigenvalue weighted by Crippen LogP contribution is 2.52. The largest absolute Gasteiger partial charge is 0.464 e. The number of allylic oxidation sites excluding steroid dienone is 2. The normalized spacial score (nSPS) is 33.2. The van der Waals surface area contributed by atoms with Crippen LogP contribution in [0, 0.1) is 29.6 Å². The van der Waals surface area contributed by atoms with Crippen LogP contribution in [0.2, 0.25) is 23.2 Å². The van der Waals surface area contributed by atoms with E-state index in [0.29, 0.717) is 32.3 Å². The average molecular weight is 1210 g/mol. The molecule has 2 aromatic carbocycles. The van der Waals surface area contributed by atoms with Crippen molar-refractivity contribution < 1.29 is 66.1 Å². The zero-order chi connectivity index (χ0) is 62.0. The summed E-state index contributed by atoms with van der Waals surface area (Å²) in [6, 6.07) is 21.7. The van der Waals surface area contributed by atoms with E-state index in [0.717, 1.165) is 31.3 Å². The van der Waals surface area contributed by atoms with Gasteiger partial charge in [-0.3, -0.25) is 0 Å². The summed E-state index contributed by atoms with van der Waals surface area (Å²) in [7, 11) is 0.195. The molecular formula is C68H110O14Si2. The predicted octanol–water partition coefficient (Wildman–Crippen LogP) is 12.6. The van der Waals surface area contributed by atoms with Crippen molar-refractivity contribution in [1.82, 2.24) is 0 Å². The van der Waals surface area contributed by atoms with Gasteiger partial charge in [-0.05, 0) is 144 Å². The second kappa shape index (κ2) is 27.2. The van der Waals surface area contributed by atoms with Crippen LogP contribution >= 0.6 is 0 Å². The molecule has 0 bridgehead atoms. The first-order valence-electron chi connectivity index (χ1n) is 31.5. The van der Waals surface area contributed by atoms with Crippen LogP contribution < -0.4 is 10.4 Å². The Morgan fingerprint density at radius 3 is 1.94 bits per heavy atom. The van der Waals surface area contributed by atoms with E-state index in [1.54, 1.807) is 35.0 Å². The van der Waals surface area contributed by atoms with E-state index in [2.05, 4.69) is 155 Å². The van der Waals surface area contributed by atoms with Gasteiger partial charge in [-0.1, -0.05) is 141 Å². The Balaban J connectivity index is 1.10. The van der Waals surface area contributed by atoms with E-state index in [1.807, 2.05) is 27.9 Å². The molecule has 0 radical (unpaired) electrons. The zero-order valence-electron chi connectivity index (χ0n) is 55.3. The topological polar surface area (TPSA) is 148 Å². The molecule has 5 aliphatic rings. The minimum atomic E-state index is -2.82. The number of hydrogen-bond donors (Lipinski definition) is 1. The second-order valence-corrected chi connectivity index (χ2v) is 38.0. The minimum absolute atomic E-state index is 0.00630. The molecule has 2 spiro atoms. The first-order chi connectivity index (χ1) is 39.2. The molecule has 1 aliphatic carbocycles. The molecule has 0 amide bonds. The Morgan fingerprint density at radius 2 is 1.38 bits per heavy atom. The lowest BCUT2D eigenvalue weighted by molar-refractivity contribution is -0.427. The van der Waals surface area contributed by atoms with Gasteiger partial charge in [0.2, 0.25) is 11.9 Å². The number of rotatable bonds is 21. The number of carbonyl (C=O) groups is 1. The summed E-state index contributed by atoms with van der Waals surface area (Å²) in [5, 5.41) is 14.8. The number of aliphatic hydroxyl groups excluding tert-OH is 1. The molecule has 16 atom stereocenters. The van der Waals surface area contributed by atoms with Gasteiger partial charge in [0, 0.05) is 45.5 Å². The van der Waals surface area contributed by atoms with Crippen LogP contribution in [0.5, 0.6) is 0 Å². The summed E-state index contributed by atoms with van der Waals surface area (Å²) in [6.45, 7) is 38.9. The van der Waals surface area contributed by atoms with Gasteiger partial charge in [0.15, 0.2) is 25.7 Å². The first-order valence-corrected chi connectivity index (χ1v) is 36.3. The second-order valence-electron chi connectivity index (χ2n) is 29.0. The van der Waals surface area contributed by atoms with Crippen molar-refractivity contribution in [3.63, 3.8) is 0 Å². The number of ether oxygens (including phenoxy) is 10. The lowest BCUT2D eigenvalue weighted by Crippen LogP contribution is -2.68. The monoisotopic (exact) mass is 1210 g/mol. The van der Waals surface area contributed by atoms with Crippen LogP contribution in [0.15, 0.2) is 84.0 Å². The van der Waals surface area contributed by atoms with Gasteiger partial charge in [0.1, 0.15) is 6.10 Å². The van der Waals surface area contributed by atoms with E-state index < -0.39 is 76.3 Å². The third-order valence-corrected chi connectivity index (χ3v) is 29.1. The third-order valence-electron chi connectivity index (χ3n) is 19.5. The number of esters is 1. The molecule has 0 aromatic heterocycles. The Kier molecular flexibility index (Phi) is 22.3. The molecule has 16 heteroatoms. The quantitative estimate of drug-likeness (QED) is 0.0718. The van der Waals surface area contributed by atoms with Crippen LogP contribution in [-0.2, 0) is 61.0 Å². The van der Waals surface area contributed by atoms with Crippen molar-refractivity contribution in [2.75, 3.05) is 34.5 Å². The van der Waals surface area contributed by atoms with Gasteiger partial charge >= 0.3 is 5.97 Å². The molecule has 4 aliphatic heterocycles. The Morgan fingerprint density at radius 1 is 0.774 bits per heavy atom. The van der Waals surface area contributed by atoms with Crippen molar-refractivity contribution >= 4 is 33.0 Å². The molecule has 84 heavy (non-hydrogen) atoms. The van der Waals surface area contributed by atoms with Crippen molar-refractivity contribution in [2.24, 2.45) is 29.6 Å². The van der Waals surface area contributed by atoms with E-state index in [9.17, 15) is 9.90 Å². The molecule has 2 aromatic rings. The molecule has 14 nitrogen and oxygen atoms in total. The fourth-order valence-electron chi connectivity index (χ4n) is 14.3. The van der Waals surface area contributed by atoms with E-state index in [1.165, 1.54) is 15.9 Å². The molecule has 1 N–H and O–H groups in total. The van der Waals surface area contributed by atoms with Crippen LogP contribution in [0.1, 0.15) is 162 Å². The Labute approximate surface area is 508 Å². The lowest BCUT2D eigenvalue weighted by atomic mass is 9.78. The van der Waals surface area contributed by atoms with Gasteiger partial charge in [-0.2, -0.15) is 0 Å². The highest BCUT2D eigenvalue weighted by molar-refractivity contribution is 6.99. The van der Waals surface area contributed by atoms with Gasteiger partial charge in [-0.25, -0.2) is 4.79 Å². The predicted molar refractivity (Wildman–Crippen MR) is 335 cm³/mol. The number of aliphatic hydroxyl groups is 1. The zero-order valence-corrected chi connectivity index (χ0v) is 57.3. The summed E-state index contributed by atoms with van der Waals surface area (Å²) in [4.78, 5) is 13.5. The summed E-state index contributed by atoms with van der Waals surface area (Å²) >= 11 is 0. The maximum Gasteiger partial charge on any atom is 0.341 e. The summed E-state index contributed by atoms with van der Waals surface area (Å²) in [6.07, 6.45) is 6.35. The summed E-state index contributed by atoms with van der Waals surface area (Å²) in [5.74, 6) is -5.50. The third kappa shape index (κ3) is 15.1. The smallest absolute Gasteiger partial charge is 0.341 e. The van der Waals surface area contributed by atoms with Crippen LogP contribution in [0.3, 0.4) is 0 Å². The number of carbonyl (C=O) groups excluding carboxylic acids is 1.